The Hall–Kier alpha value is -1.06. The van der Waals surface area contributed by atoms with Crippen LogP contribution in [0.3, 0.4) is 0 Å². The number of hydrogen-bond acceptors (Lipinski definition) is 3. The minimum Gasteiger partial charge on any atom is -0.494 e. The molecule has 1 aromatic carbocycles. The van der Waals surface area contributed by atoms with Crippen LogP contribution in [0.2, 0.25) is 0 Å². The molecule has 0 radical (unpaired) electrons. The third-order valence-electron chi connectivity index (χ3n) is 3.87. The van der Waals surface area contributed by atoms with E-state index in [4.69, 9.17) is 9.47 Å². The fourth-order valence-electron chi connectivity index (χ4n) is 2.94. The maximum absolute atomic E-state index is 5.80. The predicted octanol–water partition coefficient (Wildman–Crippen LogP) is 3.55. The average Bonchev–Trinajstić information content (AvgIpc) is 2.88. The molecule has 1 aromatic rings. The van der Waals surface area contributed by atoms with E-state index >= 15 is 0 Å². The second kappa shape index (κ2) is 7.65. The first-order chi connectivity index (χ1) is 9.76. The largest absolute Gasteiger partial charge is 0.494 e. The molecule has 1 saturated heterocycles. The molecule has 1 aliphatic rings. The summed E-state index contributed by atoms with van der Waals surface area (Å²) >= 11 is 0. The Labute approximate surface area is 122 Å². The Balaban J connectivity index is 2.21. The summed E-state index contributed by atoms with van der Waals surface area (Å²) in [5.41, 5.74) is 1.27. The Morgan fingerprint density at radius 1 is 1.35 bits per heavy atom. The van der Waals surface area contributed by atoms with Gasteiger partial charge in [-0.15, -0.1) is 0 Å². The van der Waals surface area contributed by atoms with Crippen LogP contribution in [-0.4, -0.2) is 25.9 Å². The van der Waals surface area contributed by atoms with E-state index in [1.807, 2.05) is 13.0 Å². The van der Waals surface area contributed by atoms with Crippen LogP contribution in [0.15, 0.2) is 24.3 Å². The third kappa shape index (κ3) is 3.74. The van der Waals surface area contributed by atoms with Gasteiger partial charge in [-0.05, 0) is 39.3 Å². The zero-order valence-electron chi connectivity index (χ0n) is 12.9. The summed E-state index contributed by atoms with van der Waals surface area (Å²) in [6.45, 7) is 8.96. The molecular weight excluding hydrogens is 250 g/mol. The molecule has 0 aliphatic carbocycles. The SMILES string of the molecule is CCCNC(c1ccccc1OCC)C1COC(C)C1. The summed E-state index contributed by atoms with van der Waals surface area (Å²) in [6, 6.07) is 8.71. The van der Waals surface area contributed by atoms with Gasteiger partial charge < -0.3 is 14.8 Å². The van der Waals surface area contributed by atoms with Crippen LogP contribution in [-0.2, 0) is 4.74 Å². The van der Waals surface area contributed by atoms with Crippen molar-refractivity contribution in [3.05, 3.63) is 29.8 Å². The molecule has 0 saturated carbocycles. The molecule has 1 heterocycles. The van der Waals surface area contributed by atoms with Gasteiger partial charge in [-0.1, -0.05) is 25.1 Å². The van der Waals surface area contributed by atoms with Crippen molar-refractivity contribution in [3.63, 3.8) is 0 Å². The number of nitrogens with one attached hydrogen (secondary N) is 1. The summed E-state index contributed by atoms with van der Waals surface area (Å²) in [4.78, 5) is 0. The minimum atomic E-state index is 0.322. The molecule has 0 amide bonds. The number of rotatable bonds is 7. The van der Waals surface area contributed by atoms with E-state index in [0.29, 0.717) is 24.7 Å². The van der Waals surface area contributed by atoms with Crippen molar-refractivity contribution in [1.82, 2.24) is 5.32 Å². The summed E-state index contributed by atoms with van der Waals surface area (Å²) < 4.78 is 11.6. The number of ether oxygens (including phenoxy) is 2. The van der Waals surface area contributed by atoms with Crippen LogP contribution in [0.4, 0.5) is 0 Å². The van der Waals surface area contributed by atoms with Crippen LogP contribution >= 0.6 is 0 Å². The lowest BCUT2D eigenvalue weighted by molar-refractivity contribution is 0.116. The topological polar surface area (TPSA) is 30.5 Å². The second-order valence-corrected chi connectivity index (χ2v) is 5.54. The highest BCUT2D eigenvalue weighted by molar-refractivity contribution is 5.36. The first kappa shape index (κ1) is 15.3. The molecule has 3 nitrogen and oxygen atoms in total. The molecule has 3 heteroatoms. The van der Waals surface area contributed by atoms with Gasteiger partial charge in [0.15, 0.2) is 0 Å². The van der Waals surface area contributed by atoms with Crippen molar-refractivity contribution in [3.8, 4) is 5.75 Å². The number of benzene rings is 1. The molecular formula is C17H27NO2. The fraction of sp³-hybridized carbons (Fsp3) is 0.647. The molecule has 0 spiro atoms. The average molecular weight is 277 g/mol. The Morgan fingerprint density at radius 2 is 2.15 bits per heavy atom. The Morgan fingerprint density at radius 3 is 2.80 bits per heavy atom. The zero-order chi connectivity index (χ0) is 14.4. The molecule has 1 N–H and O–H groups in total. The van der Waals surface area contributed by atoms with E-state index in [2.05, 4.69) is 37.4 Å². The van der Waals surface area contributed by atoms with Gasteiger partial charge in [-0.3, -0.25) is 0 Å². The number of hydrogen-bond donors (Lipinski definition) is 1. The van der Waals surface area contributed by atoms with Crippen LogP contribution < -0.4 is 10.1 Å². The highest BCUT2D eigenvalue weighted by Gasteiger charge is 2.31. The third-order valence-corrected chi connectivity index (χ3v) is 3.87. The van der Waals surface area contributed by atoms with Gasteiger partial charge in [0.2, 0.25) is 0 Å². The van der Waals surface area contributed by atoms with Crippen LogP contribution in [0.5, 0.6) is 5.75 Å². The molecule has 3 atom stereocenters. The summed E-state index contributed by atoms with van der Waals surface area (Å²) in [5.74, 6) is 1.53. The highest BCUT2D eigenvalue weighted by Crippen LogP contribution is 2.36. The molecule has 112 valence electrons. The van der Waals surface area contributed by atoms with E-state index < -0.39 is 0 Å². The fourth-order valence-corrected chi connectivity index (χ4v) is 2.94. The Bertz CT molecular complexity index is 408. The molecule has 20 heavy (non-hydrogen) atoms. The molecule has 0 bridgehead atoms. The lowest BCUT2D eigenvalue weighted by Crippen LogP contribution is -2.30. The lowest BCUT2D eigenvalue weighted by atomic mass is 9.90. The van der Waals surface area contributed by atoms with Crippen molar-refractivity contribution in [2.45, 2.75) is 45.8 Å². The van der Waals surface area contributed by atoms with Crippen LogP contribution in [0.1, 0.15) is 45.2 Å². The summed E-state index contributed by atoms with van der Waals surface area (Å²) in [5, 5.41) is 3.69. The first-order valence-corrected chi connectivity index (χ1v) is 7.83. The van der Waals surface area contributed by atoms with Crippen molar-refractivity contribution in [1.29, 1.82) is 0 Å². The first-order valence-electron chi connectivity index (χ1n) is 7.83. The lowest BCUT2D eigenvalue weighted by Gasteiger charge is -2.26. The van der Waals surface area contributed by atoms with Crippen molar-refractivity contribution in [2.24, 2.45) is 5.92 Å². The standard InChI is InChI=1S/C17H27NO2/c1-4-10-18-17(14-11-13(3)20-12-14)15-8-6-7-9-16(15)19-5-2/h6-9,13-14,17-18H,4-5,10-12H2,1-3H3. The molecule has 1 aliphatic heterocycles. The van der Waals surface area contributed by atoms with Crippen molar-refractivity contribution < 1.29 is 9.47 Å². The van der Waals surface area contributed by atoms with Gasteiger partial charge in [-0.25, -0.2) is 0 Å². The van der Waals surface area contributed by atoms with E-state index in [0.717, 1.165) is 31.7 Å². The quantitative estimate of drug-likeness (QED) is 0.826. The smallest absolute Gasteiger partial charge is 0.124 e. The molecule has 0 aromatic heterocycles. The highest BCUT2D eigenvalue weighted by atomic mass is 16.5. The van der Waals surface area contributed by atoms with Gasteiger partial charge in [0.05, 0.1) is 19.3 Å². The van der Waals surface area contributed by atoms with Crippen LogP contribution in [0, 0.1) is 5.92 Å². The normalized spacial score (nSPS) is 23.8. The van der Waals surface area contributed by atoms with Gasteiger partial charge >= 0.3 is 0 Å². The molecule has 2 rings (SSSR count). The van der Waals surface area contributed by atoms with Crippen molar-refractivity contribution >= 4 is 0 Å². The molecule has 1 fully saturated rings. The minimum absolute atomic E-state index is 0.322. The summed E-state index contributed by atoms with van der Waals surface area (Å²) in [6.07, 6.45) is 2.61. The van der Waals surface area contributed by atoms with Gasteiger partial charge in [0, 0.05) is 17.5 Å². The molecule has 3 unspecified atom stereocenters. The van der Waals surface area contributed by atoms with Crippen LogP contribution in [0.25, 0.3) is 0 Å². The monoisotopic (exact) mass is 277 g/mol. The van der Waals surface area contributed by atoms with Crippen molar-refractivity contribution in [2.75, 3.05) is 19.8 Å². The van der Waals surface area contributed by atoms with Gasteiger partial charge in [-0.2, -0.15) is 0 Å². The Kier molecular flexibility index (Phi) is 5.86. The van der Waals surface area contributed by atoms with E-state index in [1.165, 1.54) is 5.56 Å². The zero-order valence-corrected chi connectivity index (χ0v) is 12.9. The van der Waals surface area contributed by atoms with Gasteiger partial charge in [0.25, 0.3) is 0 Å². The van der Waals surface area contributed by atoms with E-state index in [1.54, 1.807) is 0 Å². The summed E-state index contributed by atoms with van der Waals surface area (Å²) in [7, 11) is 0. The maximum atomic E-state index is 5.80. The predicted molar refractivity (Wildman–Crippen MR) is 82.2 cm³/mol. The van der Waals surface area contributed by atoms with Gasteiger partial charge in [0.1, 0.15) is 5.75 Å². The van der Waals surface area contributed by atoms with E-state index in [9.17, 15) is 0 Å². The number of para-hydroxylation sites is 1. The second-order valence-electron chi connectivity index (χ2n) is 5.54. The maximum Gasteiger partial charge on any atom is 0.124 e. The van der Waals surface area contributed by atoms with E-state index in [-0.39, 0.29) is 0 Å².